The van der Waals surface area contributed by atoms with E-state index in [0.29, 0.717) is 0 Å². The van der Waals surface area contributed by atoms with Crippen molar-refractivity contribution in [2.75, 3.05) is 0 Å². The number of hydrogen-bond donors (Lipinski definition) is 1. The van der Waals surface area contributed by atoms with Gasteiger partial charge in [-0.2, -0.15) is 13.2 Å². The third kappa shape index (κ3) is 3.36. The molecule has 1 aliphatic heterocycles. The first kappa shape index (κ1) is 18.8. The van der Waals surface area contributed by atoms with Crippen molar-refractivity contribution in [3.63, 3.8) is 0 Å². The number of imide groups is 1. The molecular formula is C18H13F5N2O2. The monoisotopic (exact) mass is 384 g/mol. The van der Waals surface area contributed by atoms with Gasteiger partial charge in [0.2, 0.25) is 0 Å². The molecule has 1 unspecified atom stereocenters. The summed E-state index contributed by atoms with van der Waals surface area (Å²) in [5.74, 6) is -2.49. The Balaban J connectivity index is 1.87. The number of amides is 3. The molecule has 2 aromatic rings. The smallest absolute Gasteiger partial charge is 0.319 e. The summed E-state index contributed by atoms with van der Waals surface area (Å²) in [4.78, 5) is 25.6. The van der Waals surface area contributed by atoms with Gasteiger partial charge in [0.15, 0.2) is 0 Å². The predicted molar refractivity (Wildman–Crippen MR) is 84.2 cm³/mol. The standard InChI is InChI=1S/C18H13F5N2O2/c1-17(13-8-12(19)6-7-14(13)20)15(26)25(16(27)24-17)9-10-2-4-11(5-3-10)18(21,22)23/h2-8H,9H2,1H3,(H,24,27). The first-order valence-corrected chi connectivity index (χ1v) is 7.78. The van der Waals surface area contributed by atoms with Gasteiger partial charge in [0.1, 0.15) is 17.2 Å². The number of rotatable bonds is 3. The van der Waals surface area contributed by atoms with Crippen LogP contribution in [0.5, 0.6) is 0 Å². The molecule has 0 bridgehead atoms. The summed E-state index contributed by atoms with van der Waals surface area (Å²) in [5, 5.41) is 2.32. The number of nitrogens with one attached hydrogen (secondary N) is 1. The Morgan fingerprint density at radius 1 is 1.04 bits per heavy atom. The minimum atomic E-state index is -4.51. The minimum absolute atomic E-state index is 0.274. The van der Waals surface area contributed by atoms with Crippen LogP contribution in [-0.4, -0.2) is 16.8 Å². The van der Waals surface area contributed by atoms with Crippen LogP contribution >= 0.6 is 0 Å². The SMILES string of the molecule is CC1(c2cc(F)ccc2F)NC(=O)N(Cc2ccc(C(F)(F)F)cc2)C1=O. The molecule has 9 heteroatoms. The van der Waals surface area contributed by atoms with Gasteiger partial charge in [-0.1, -0.05) is 12.1 Å². The van der Waals surface area contributed by atoms with Gasteiger partial charge in [0.05, 0.1) is 12.1 Å². The van der Waals surface area contributed by atoms with Crippen LogP contribution < -0.4 is 5.32 Å². The van der Waals surface area contributed by atoms with E-state index in [1.54, 1.807) is 0 Å². The summed E-state index contributed by atoms with van der Waals surface area (Å²) in [7, 11) is 0. The van der Waals surface area contributed by atoms with Crippen LogP contribution in [0.2, 0.25) is 0 Å². The molecule has 0 aliphatic carbocycles. The normalized spacial score (nSPS) is 20.1. The van der Waals surface area contributed by atoms with Crippen LogP contribution in [0.3, 0.4) is 0 Å². The molecule has 1 saturated heterocycles. The molecule has 142 valence electrons. The van der Waals surface area contributed by atoms with E-state index in [2.05, 4.69) is 5.32 Å². The Bertz CT molecular complexity index is 911. The van der Waals surface area contributed by atoms with E-state index in [1.165, 1.54) is 6.92 Å². The Hall–Kier alpha value is -2.97. The van der Waals surface area contributed by atoms with Crippen molar-refractivity contribution in [3.8, 4) is 0 Å². The van der Waals surface area contributed by atoms with Crippen LogP contribution in [0.15, 0.2) is 42.5 Å². The van der Waals surface area contributed by atoms with Crippen LogP contribution in [0.4, 0.5) is 26.7 Å². The molecule has 1 N–H and O–H groups in total. The summed E-state index contributed by atoms with van der Waals surface area (Å²) in [5.41, 5.74) is -2.75. The lowest BCUT2D eigenvalue weighted by atomic mass is 9.91. The molecule has 1 fully saturated rings. The van der Waals surface area contributed by atoms with Gasteiger partial charge >= 0.3 is 12.2 Å². The number of carbonyl (C=O) groups excluding carboxylic acids is 2. The molecule has 0 spiro atoms. The third-order valence-corrected chi connectivity index (χ3v) is 4.36. The first-order valence-electron chi connectivity index (χ1n) is 7.78. The molecule has 0 radical (unpaired) electrons. The fraction of sp³-hybridized carbons (Fsp3) is 0.222. The third-order valence-electron chi connectivity index (χ3n) is 4.36. The number of alkyl halides is 3. The van der Waals surface area contributed by atoms with Crippen LogP contribution in [0.1, 0.15) is 23.6 Å². The van der Waals surface area contributed by atoms with Crippen molar-refractivity contribution in [2.45, 2.75) is 25.2 Å². The summed E-state index contributed by atoms with van der Waals surface area (Å²) in [6.45, 7) is 0.924. The maximum atomic E-state index is 14.1. The maximum absolute atomic E-state index is 14.1. The van der Waals surface area contributed by atoms with Crippen molar-refractivity contribution in [2.24, 2.45) is 0 Å². The van der Waals surface area contributed by atoms with Gasteiger partial charge in [0, 0.05) is 5.56 Å². The molecule has 3 amide bonds. The van der Waals surface area contributed by atoms with Crippen molar-refractivity contribution in [1.29, 1.82) is 0 Å². The first-order chi connectivity index (χ1) is 12.5. The van der Waals surface area contributed by atoms with E-state index in [1.807, 2.05) is 0 Å². The molecule has 4 nitrogen and oxygen atoms in total. The zero-order chi connectivity index (χ0) is 20.0. The molecule has 27 heavy (non-hydrogen) atoms. The largest absolute Gasteiger partial charge is 0.416 e. The van der Waals surface area contributed by atoms with Gasteiger partial charge in [0.25, 0.3) is 5.91 Å². The number of nitrogens with zero attached hydrogens (tertiary/aromatic N) is 1. The average molecular weight is 384 g/mol. The molecule has 1 atom stereocenters. The van der Waals surface area contributed by atoms with E-state index < -0.39 is 40.9 Å². The molecule has 1 aliphatic rings. The van der Waals surface area contributed by atoms with Crippen LogP contribution in [0, 0.1) is 11.6 Å². The highest BCUT2D eigenvalue weighted by Crippen LogP contribution is 2.33. The van der Waals surface area contributed by atoms with Crippen molar-refractivity contribution < 1.29 is 31.5 Å². The fourth-order valence-corrected chi connectivity index (χ4v) is 2.89. The van der Waals surface area contributed by atoms with E-state index in [4.69, 9.17) is 0 Å². The van der Waals surface area contributed by atoms with E-state index in [-0.39, 0.29) is 17.7 Å². The summed E-state index contributed by atoms with van der Waals surface area (Å²) in [6, 6.07) is 5.63. The number of carbonyl (C=O) groups is 2. The van der Waals surface area contributed by atoms with Crippen molar-refractivity contribution >= 4 is 11.9 Å². The maximum Gasteiger partial charge on any atom is 0.416 e. The predicted octanol–water partition coefficient (Wildman–Crippen LogP) is 3.95. The highest BCUT2D eigenvalue weighted by Gasteiger charge is 2.50. The van der Waals surface area contributed by atoms with Crippen molar-refractivity contribution in [1.82, 2.24) is 10.2 Å². The van der Waals surface area contributed by atoms with Gasteiger partial charge in [-0.15, -0.1) is 0 Å². The lowest BCUT2D eigenvalue weighted by molar-refractivity contribution is -0.137. The summed E-state index contributed by atoms with van der Waals surface area (Å²) >= 11 is 0. The molecule has 0 aromatic heterocycles. The zero-order valence-corrected chi connectivity index (χ0v) is 13.9. The number of urea groups is 1. The Labute approximate surface area is 150 Å². The van der Waals surface area contributed by atoms with Gasteiger partial charge in [-0.3, -0.25) is 9.69 Å². The molecular weight excluding hydrogens is 371 g/mol. The Morgan fingerprint density at radius 3 is 2.26 bits per heavy atom. The topological polar surface area (TPSA) is 49.4 Å². The summed E-state index contributed by atoms with van der Waals surface area (Å²) < 4.78 is 65.4. The van der Waals surface area contributed by atoms with Gasteiger partial charge in [-0.25, -0.2) is 13.6 Å². The average Bonchev–Trinajstić information content (AvgIpc) is 2.81. The second-order valence-corrected chi connectivity index (χ2v) is 6.27. The lowest BCUT2D eigenvalue weighted by Crippen LogP contribution is -2.41. The zero-order valence-electron chi connectivity index (χ0n) is 13.9. The minimum Gasteiger partial charge on any atom is -0.319 e. The molecule has 0 saturated carbocycles. The highest BCUT2D eigenvalue weighted by atomic mass is 19.4. The lowest BCUT2D eigenvalue weighted by Gasteiger charge is -2.23. The highest BCUT2D eigenvalue weighted by molar-refractivity contribution is 6.07. The summed E-state index contributed by atoms with van der Waals surface area (Å²) in [6.07, 6.45) is -4.51. The fourth-order valence-electron chi connectivity index (χ4n) is 2.89. The Morgan fingerprint density at radius 2 is 1.67 bits per heavy atom. The number of benzene rings is 2. The van der Waals surface area contributed by atoms with E-state index in [0.717, 1.165) is 47.4 Å². The molecule has 3 rings (SSSR count). The molecule has 2 aromatic carbocycles. The second-order valence-electron chi connectivity index (χ2n) is 6.27. The quantitative estimate of drug-likeness (QED) is 0.644. The number of hydrogen-bond acceptors (Lipinski definition) is 2. The van der Waals surface area contributed by atoms with Crippen LogP contribution in [0.25, 0.3) is 0 Å². The second kappa shape index (κ2) is 6.33. The molecule has 1 heterocycles. The van der Waals surface area contributed by atoms with Crippen LogP contribution in [-0.2, 0) is 23.1 Å². The van der Waals surface area contributed by atoms with Gasteiger partial charge < -0.3 is 5.32 Å². The van der Waals surface area contributed by atoms with Crippen molar-refractivity contribution in [3.05, 3.63) is 70.8 Å². The van der Waals surface area contributed by atoms with E-state index >= 15 is 0 Å². The van der Waals surface area contributed by atoms with E-state index in [9.17, 15) is 31.5 Å². The number of halogens is 5. The Kier molecular flexibility index (Phi) is 4.41. The van der Waals surface area contributed by atoms with Gasteiger partial charge in [-0.05, 0) is 42.8 Å².